The Morgan fingerprint density at radius 1 is 0.557 bits per heavy atom. The van der Waals surface area contributed by atoms with Crippen molar-refractivity contribution in [2.45, 2.75) is 37.3 Å². The molecule has 0 bridgehead atoms. The number of rotatable bonds is 36. The molecule has 0 saturated carbocycles. The molecule has 10 N–H and O–H groups in total. The molecule has 0 aliphatic carbocycles. The van der Waals surface area contributed by atoms with Gasteiger partial charge in [-0.15, -0.1) is 0 Å². The molecule has 0 fully saturated rings. The van der Waals surface area contributed by atoms with Crippen LogP contribution in [0.2, 0.25) is 0 Å². The first kappa shape index (κ1) is 61.5. The van der Waals surface area contributed by atoms with Crippen molar-refractivity contribution in [1.29, 1.82) is 0 Å². The standard InChI is InChI=1S/C32H55N7O20.Gd.H2O/c40-18-24(44)22(42)1-3-35-58-20-31(54)56-11-5-33-26(46)13-38(16-29(50)51)9-7-37(15-28(48)49)8-10-39(17-30(52)53)14-27(47)34-6-12-57-32(55)21-59-36-4-2-23(43)25(45)19-41;;/h3-4,22-25,40-45H,1-2,5-21H2,(H,33,46)(H,34,47)(H,48,49)(H,50,51)(H,52,53);;1H2/q;+3;/p-3/b35-3+,36-4+;;/t22-,23-,24+,25+;;/m0../s1. The number of carbonyl (C=O) groups excluding carboxylic acids is 7. The predicted molar refractivity (Wildman–Crippen MR) is 192 cm³/mol. The summed E-state index contributed by atoms with van der Waals surface area (Å²) in [6.45, 7) is -7.55. The van der Waals surface area contributed by atoms with E-state index in [4.69, 9.17) is 19.7 Å². The van der Waals surface area contributed by atoms with Crippen LogP contribution in [0.15, 0.2) is 10.3 Å². The number of aliphatic carboxylic acids is 3. The predicted octanol–water partition coefficient (Wildman–Crippen LogP) is -12.2. The molecule has 0 aromatic carbocycles. The third-order valence-electron chi connectivity index (χ3n) is 7.25. The fourth-order valence-corrected chi connectivity index (χ4v) is 4.27. The Bertz CT molecular complexity index is 1260. The normalized spacial score (nSPS) is 13.1. The first-order chi connectivity index (χ1) is 28.0. The third-order valence-corrected chi connectivity index (χ3v) is 7.25. The van der Waals surface area contributed by atoms with Crippen LogP contribution in [0.4, 0.5) is 0 Å². The summed E-state index contributed by atoms with van der Waals surface area (Å²) >= 11 is 0. The van der Waals surface area contributed by atoms with Crippen LogP contribution < -0.4 is 26.0 Å². The van der Waals surface area contributed by atoms with E-state index in [1.165, 1.54) is 4.90 Å². The van der Waals surface area contributed by atoms with Crippen LogP contribution in [-0.2, 0) is 52.7 Å². The molecule has 0 unspecified atom stereocenters. The summed E-state index contributed by atoms with van der Waals surface area (Å²) in [4.78, 5) is 95.2. The number of carboxylic acids is 3. The molecule has 0 aromatic heterocycles. The van der Waals surface area contributed by atoms with Crippen molar-refractivity contribution in [3.8, 4) is 0 Å². The molecule has 0 spiro atoms. The molecule has 0 aliphatic rings. The third kappa shape index (κ3) is 35.5. The maximum Gasteiger partial charge on any atom is 3.00 e. The number of nitrogens with zero attached hydrogens (tertiary/aromatic N) is 5. The minimum absolute atomic E-state index is 0. The second kappa shape index (κ2) is 37.9. The molecule has 0 aliphatic heterocycles. The van der Waals surface area contributed by atoms with Crippen LogP contribution in [0, 0.1) is 39.9 Å². The van der Waals surface area contributed by atoms with Crippen molar-refractivity contribution in [2.24, 2.45) is 10.3 Å². The zero-order chi connectivity index (χ0) is 44.6. The molecule has 29 heteroatoms. The largest absolute Gasteiger partial charge is 3.00 e. The van der Waals surface area contributed by atoms with Crippen LogP contribution in [0.3, 0.4) is 0 Å². The summed E-state index contributed by atoms with van der Waals surface area (Å²) in [7, 11) is 0. The van der Waals surface area contributed by atoms with Crippen LogP contribution >= 0.6 is 0 Å². The first-order valence-corrected chi connectivity index (χ1v) is 17.8. The van der Waals surface area contributed by atoms with Crippen molar-refractivity contribution in [1.82, 2.24) is 25.3 Å². The number of carbonyl (C=O) groups is 7. The summed E-state index contributed by atoms with van der Waals surface area (Å²) in [5.74, 6) is -7.81. The number of ether oxygens (including phenoxy) is 2. The number of aliphatic hydroxyl groups is 6. The summed E-state index contributed by atoms with van der Waals surface area (Å²) < 4.78 is 9.69. The van der Waals surface area contributed by atoms with Crippen LogP contribution in [0.1, 0.15) is 12.8 Å². The van der Waals surface area contributed by atoms with Crippen molar-refractivity contribution >= 4 is 54.1 Å². The Balaban J connectivity index is -0.0000168. The van der Waals surface area contributed by atoms with E-state index in [0.717, 1.165) is 22.2 Å². The van der Waals surface area contributed by atoms with Crippen molar-refractivity contribution in [3.63, 3.8) is 0 Å². The number of carboxylic acid groups (broad SMARTS) is 3. The van der Waals surface area contributed by atoms with Gasteiger partial charge < -0.3 is 95.6 Å². The summed E-state index contributed by atoms with van der Waals surface area (Å²) in [6.07, 6.45) is -3.58. The second-order valence-electron chi connectivity index (χ2n) is 12.2. The van der Waals surface area contributed by atoms with Gasteiger partial charge in [0.1, 0.15) is 25.4 Å². The molecule has 4 atom stereocenters. The summed E-state index contributed by atoms with van der Waals surface area (Å²) in [5, 5.41) is 101. The molecule has 61 heavy (non-hydrogen) atoms. The van der Waals surface area contributed by atoms with E-state index in [2.05, 4.69) is 30.6 Å². The smallest absolute Gasteiger partial charge is 0.549 e. The number of hydrogen-bond acceptors (Lipinski definition) is 25. The summed E-state index contributed by atoms with van der Waals surface area (Å²) in [5.41, 5.74) is 0. The second-order valence-corrected chi connectivity index (χ2v) is 12.2. The molecule has 28 nitrogen and oxygen atoms in total. The van der Waals surface area contributed by atoms with E-state index in [0.29, 0.717) is 0 Å². The van der Waals surface area contributed by atoms with Gasteiger partial charge in [0.05, 0.1) is 69.5 Å². The summed E-state index contributed by atoms with van der Waals surface area (Å²) in [6, 6.07) is 0. The van der Waals surface area contributed by atoms with Gasteiger partial charge in [0.15, 0.2) is 0 Å². The van der Waals surface area contributed by atoms with E-state index in [1.807, 2.05) is 0 Å². The topological polar surface area (TPSA) is 437 Å². The van der Waals surface area contributed by atoms with E-state index in [9.17, 15) is 69.3 Å². The Morgan fingerprint density at radius 2 is 0.885 bits per heavy atom. The maximum absolute atomic E-state index is 12.4. The van der Waals surface area contributed by atoms with Gasteiger partial charge >= 0.3 is 51.9 Å². The van der Waals surface area contributed by atoms with E-state index in [1.54, 1.807) is 0 Å². The van der Waals surface area contributed by atoms with Gasteiger partial charge in [0.25, 0.3) is 0 Å². The van der Waals surface area contributed by atoms with Gasteiger partial charge in [-0.3, -0.25) is 24.3 Å². The molecule has 0 aromatic rings. The molecular formula is C32H54GdN7O21. The van der Waals surface area contributed by atoms with Gasteiger partial charge in [0.2, 0.25) is 25.0 Å². The van der Waals surface area contributed by atoms with Crippen molar-refractivity contribution in [3.05, 3.63) is 0 Å². The number of nitrogens with one attached hydrogen (secondary N) is 2. The van der Waals surface area contributed by atoms with Gasteiger partial charge in [-0.1, -0.05) is 10.3 Å². The Kier molecular flexibility index (Phi) is 38.2. The van der Waals surface area contributed by atoms with Gasteiger partial charge in [-0.05, 0) is 0 Å². The Hall–Kier alpha value is -3.85. The van der Waals surface area contributed by atoms with E-state index in [-0.39, 0.29) is 111 Å². The number of oxime groups is 2. The number of hydrogen-bond donors (Lipinski definition) is 8. The molecule has 351 valence electrons. The van der Waals surface area contributed by atoms with Crippen molar-refractivity contribution in [2.75, 3.05) is 112 Å². The molecular weight excluding hydrogens is 976 g/mol. The van der Waals surface area contributed by atoms with Crippen LogP contribution in [0.25, 0.3) is 0 Å². The van der Waals surface area contributed by atoms with Gasteiger partial charge in [0, 0.05) is 71.1 Å². The van der Waals surface area contributed by atoms with Gasteiger partial charge in [-0.2, -0.15) is 0 Å². The average molecular weight is 1030 g/mol. The molecule has 2 amide bonds. The number of amides is 2. The molecule has 0 rings (SSSR count). The monoisotopic (exact) mass is 1030 g/mol. The van der Waals surface area contributed by atoms with Gasteiger partial charge in [-0.25, -0.2) is 9.59 Å². The zero-order valence-electron chi connectivity index (χ0n) is 32.9. The minimum atomic E-state index is -1.56. The molecule has 0 heterocycles. The number of aliphatic hydroxyl groups excluding tert-OH is 6. The van der Waals surface area contributed by atoms with Crippen LogP contribution in [0.5, 0.6) is 0 Å². The minimum Gasteiger partial charge on any atom is -0.549 e. The fourth-order valence-electron chi connectivity index (χ4n) is 4.27. The SMILES string of the molecule is O.O=C([O-])CN(CCN(CC(=O)[O-])CC(=O)NCCOC(=O)CO/N=C/C[C@H](O)[C@H](O)CO)CCN(CC(=O)[O-])CC(=O)NCCOC(=O)CO/N=C/C[C@H](O)[C@H](O)CO.[Gd+3]. The Labute approximate surface area is 381 Å². The van der Waals surface area contributed by atoms with E-state index < -0.39 is 125 Å². The average Bonchev–Trinajstić information content (AvgIpc) is 3.17. The zero-order valence-corrected chi connectivity index (χ0v) is 35.2. The Morgan fingerprint density at radius 3 is 1.21 bits per heavy atom. The molecule has 1 radical (unpaired) electrons. The quantitative estimate of drug-likeness (QED) is 0.0125. The molecule has 0 saturated heterocycles. The fraction of sp³-hybridized carbons (Fsp3) is 0.719. The van der Waals surface area contributed by atoms with E-state index >= 15 is 0 Å². The van der Waals surface area contributed by atoms with Crippen LogP contribution in [-0.4, -0.2) is 241 Å². The first-order valence-electron chi connectivity index (χ1n) is 17.8. The van der Waals surface area contributed by atoms with Crippen molar-refractivity contribution < 1.29 is 144 Å². The maximum atomic E-state index is 12.4. The number of esters is 2.